The molecule has 0 aromatic rings. The zero-order chi connectivity index (χ0) is 15.8. The fourth-order valence-electron chi connectivity index (χ4n) is 1.78. The molecule has 0 saturated heterocycles. The van der Waals surface area contributed by atoms with E-state index >= 15 is 0 Å². The second-order valence-electron chi connectivity index (χ2n) is 6.78. The van der Waals surface area contributed by atoms with E-state index in [0.29, 0.717) is 0 Å². The first-order valence-corrected chi connectivity index (χ1v) is 7.39. The summed E-state index contributed by atoms with van der Waals surface area (Å²) in [6.45, 7) is 9.18. The summed E-state index contributed by atoms with van der Waals surface area (Å²) in [5.41, 5.74) is -0.432. The van der Waals surface area contributed by atoms with E-state index in [-0.39, 0.29) is 6.09 Å². The predicted molar refractivity (Wildman–Crippen MR) is 84.1 cm³/mol. The van der Waals surface area contributed by atoms with Crippen LogP contribution in [0.4, 0.5) is 4.79 Å². The highest BCUT2D eigenvalue weighted by atomic mass is 16.6. The molecule has 0 bridgehead atoms. The minimum Gasteiger partial charge on any atom is -0.444 e. The molecule has 0 radical (unpaired) electrons. The lowest BCUT2D eigenvalue weighted by Crippen LogP contribution is -2.39. The van der Waals surface area contributed by atoms with Gasteiger partial charge in [-0.3, -0.25) is 0 Å². The van der Waals surface area contributed by atoms with Crippen LogP contribution in [-0.2, 0) is 4.74 Å². The first-order valence-electron chi connectivity index (χ1n) is 7.39. The number of carbonyl (C=O) groups excluding carboxylic acids is 1. The van der Waals surface area contributed by atoms with Crippen LogP contribution in [0.25, 0.3) is 0 Å². The molecule has 0 fully saturated rings. The van der Waals surface area contributed by atoms with Crippen molar-refractivity contribution in [1.82, 2.24) is 14.7 Å². The number of hydrogen-bond donors (Lipinski definition) is 0. The molecular weight excluding hydrogens is 254 g/mol. The summed E-state index contributed by atoms with van der Waals surface area (Å²) in [5, 5.41) is 0. The summed E-state index contributed by atoms with van der Waals surface area (Å²) in [6.07, 6.45) is 1.73. The van der Waals surface area contributed by atoms with E-state index in [9.17, 15) is 4.79 Å². The molecule has 1 amide bonds. The summed E-state index contributed by atoms with van der Waals surface area (Å²) in [7, 11) is 8.18. The minimum absolute atomic E-state index is 0.199. The summed E-state index contributed by atoms with van der Waals surface area (Å²) in [6, 6.07) is 0. The van der Waals surface area contributed by atoms with Crippen molar-refractivity contribution < 1.29 is 9.53 Å². The van der Waals surface area contributed by atoms with Crippen LogP contribution in [0.15, 0.2) is 0 Å². The topological polar surface area (TPSA) is 36.0 Å². The van der Waals surface area contributed by atoms with Crippen molar-refractivity contribution in [3.63, 3.8) is 0 Å². The quantitative estimate of drug-likeness (QED) is 0.685. The van der Waals surface area contributed by atoms with Gasteiger partial charge in [0.25, 0.3) is 0 Å². The Morgan fingerprint density at radius 1 is 0.850 bits per heavy atom. The highest BCUT2D eigenvalue weighted by Gasteiger charge is 2.21. The number of hydrogen-bond acceptors (Lipinski definition) is 4. The molecule has 0 heterocycles. The van der Waals surface area contributed by atoms with Crippen LogP contribution < -0.4 is 0 Å². The van der Waals surface area contributed by atoms with Crippen LogP contribution in [0.3, 0.4) is 0 Å². The van der Waals surface area contributed by atoms with Gasteiger partial charge >= 0.3 is 6.09 Å². The van der Waals surface area contributed by atoms with Gasteiger partial charge in [0.2, 0.25) is 0 Å². The van der Waals surface area contributed by atoms with Gasteiger partial charge in [0.1, 0.15) is 5.60 Å². The molecule has 0 aliphatic carbocycles. The number of nitrogens with zero attached hydrogens (tertiary/aromatic N) is 3. The van der Waals surface area contributed by atoms with E-state index in [4.69, 9.17) is 4.74 Å². The largest absolute Gasteiger partial charge is 0.444 e. The first-order chi connectivity index (χ1) is 9.11. The van der Waals surface area contributed by atoms with Gasteiger partial charge < -0.3 is 19.4 Å². The lowest BCUT2D eigenvalue weighted by molar-refractivity contribution is 0.0239. The molecule has 0 saturated carbocycles. The average Bonchev–Trinajstić information content (AvgIpc) is 2.23. The van der Waals surface area contributed by atoms with Crippen molar-refractivity contribution in [2.45, 2.75) is 39.2 Å². The fourth-order valence-corrected chi connectivity index (χ4v) is 1.78. The second-order valence-corrected chi connectivity index (χ2v) is 6.78. The summed E-state index contributed by atoms with van der Waals surface area (Å²) in [4.78, 5) is 18.3. The van der Waals surface area contributed by atoms with Crippen molar-refractivity contribution >= 4 is 6.09 Å². The van der Waals surface area contributed by atoms with Crippen LogP contribution in [-0.4, -0.2) is 80.8 Å². The zero-order valence-electron chi connectivity index (χ0n) is 14.4. The third kappa shape index (κ3) is 11.1. The Balaban J connectivity index is 4.33. The van der Waals surface area contributed by atoms with Crippen LogP contribution >= 0.6 is 0 Å². The standard InChI is InChI=1S/C15H33N3O2/c1-15(2,3)20-14(19)18(12-8-10-16(4)5)13-9-11-17(6)7/h8-13H2,1-7H3. The van der Waals surface area contributed by atoms with Crippen LogP contribution in [0.2, 0.25) is 0 Å². The molecule has 5 nitrogen and oxygen atoms in total. The van der Waals surface area contributed by atoms with E-state index in [2.05, 4.69) is 9.80 Å². The van der Waals surface area contributed by atoms with Crippen molar-refractivity contribution in [3.8, 4) is 0 Å². The molecule has 5 heteroatoms. The number of rotatable bonds is 8. The van der Waals surface area contributed by atoms with Crippen molar-refractivity contribution in [3.05, 3.63) is 0 Å². The highest BCUT2D eigenvalue weighted by Crippen LogP contribution is 2.10. The normalized spacial score (nSPS) is 12.1. The first kappa shape index (κ1) is 19.2. The van der Waals surface area contributed by atoms with Crippen LogP contribution in [0.1, 0.15) is 33.6 Å². The summed E-state index contributed by atoms with van der Waals surface area (Å²) in [5.74, 6) is 0. The summed E-state index contributed by atoms with van der Waals surface area (Å²) >= 11 is 0. The van der Waals surface area contributed by atoms with Crippen molar-refractivity contribution in [2.75, 3.05) is 54.4 Å². The monoisotopic (exact) mass is 287 g/mol. The molecule has 0 atom stereocenters. The SMILES string of the molecule is CN(C)CCCN(CCCN(C)C)C(=O)OC(C)(C)C. The highest BCUT2D eigenvalue weighted by molar-refractivity contribution is 5.68. The molecular formula is C15H33N3O2. The number of ether oxygens (including phenoxy) is 1. The van der Waals surface area contributed by atoms with Gasteiger partial charge in [-0.25, -0.2) is 4.79 Å². The summed E-state index contributed by atoms with van der Waals surface area (Å²) < 4.78 is 5.47. The molecule has 0 aliphatic heterocycles. The zero-order valence-corrected chi connectivity index (χ0v) is 14.4. The molecule has 0 aromatic carbocycles. The van der Waals surface area contributed by atoms with Gasteiger partial charge in [0.15, 0.2) is 0 Å². The molecule has 0 N–H and O–H groups in total. The number of carbonyl (C=O) groups is 1. The van der Waals surface area contributed by atoms with E-state index in [0.717, 1.165) is 39.0 Å². The Labute approximate surface area is 124 Å². The molecule has 120 valence electrons. The van der Waals surface area contributed by atoms with Gasteiger partial charge in [-0.2, -0.15) is 0 Å². The maximum absolute atomic E-state index is 12.2. The van der Waals surface area contributed by atoms with E-state index < -0.39 is 5.60 Å². The van der Waals surface area contributed by atoms with Gasteiger partial charge in [-0.05, 0) is 74.9 Å². The van der Waals surface area contributed by atoms with Crippen LogP contribution in [0, 0.1) is 0 Å². The van der Waals surface area contributed by atoms with E-state index in [1.807, 2.05) is 53.9 Å². The Bertz CT molecular complexity index is 259. The Hall–Kier alpha value is -0.810. The van der Waals surface area contributed by atoms with E-state index in [1.165, 1.54) is 0 Å². The maximum atomic E-state index is 12.2. The number of amides is 1. The lowest BCUT2D eigenvalue weighted by Gasteiger charge is -2.28. The van der Waals surface area contributed by atoms with Crippen molar-refractivity contribution in [1.29, 1.82) is 0 Å². The smallest absolute Gasteiger partial charge is 0.410 e. The average molecular weight is 287 g/mol. The van der Waals surface area contributed by atoms with E-state index in [1.54, 1.807) is 0 Å². The fraction of sp³-hybridized carbons (Fsp3) is 0.933. The second kappa shape index (κ2) is 9.19. The molecule has 0 spiro atoms. The Morgan fingerprint density at radius 3 is 1.55 bits per heavy atom. The third-order valence-corrected chi connectivity index (χ3v) is 2.72. The van der Waals surface area contributed by atoms with Gasteiger partial charge in [-0.1, -0.05) is 0 Å². The minimum atomic E-state index is -0.432. The van der Waals surface area contributed by atoms with Gasteiger partial charge in [0, 0.05) is 13.1 Å². The molecule has 0 unspecified atom stereocenters. The molecule has 0 aromatic heterocycles. The molecule has 0 rings (SSSR count). The van der Waals surface area contributed by atoms with Crippen LogP contribution in [0.5, 0.6) is 0 Å². The predicted octanol–water partition coefficient (Wildman–Crippen LogP) is 2.13. The Kier molecular flexibility index (Phi) is 8.81. The third-order valence-electron chi connectivity index (χ3n) is 2.72. The lowest BCUT2D eigenvalue weighted by atomic mass is 10.2. The van der Waals surface area contributed by atoms with Gasteiger partial charge in [-0.15, -0.1) is 0 Å². The van der Waals surface area contributed by atoms with Crippen molar-refractivity contribution in [2.24, 2.45) is 0 Å². The Morgan fingerprint density at radius 2 is 1.25 bits per heavy atom. The maximum Gasteiger partial charge on any atom is 0.410 e. The van der Waals surface area contributed by atoms with Gasteiger partial charge in [0.05, 0.1) is 0 Å². The molecule has 20 heavy (non-hydrogen) atoms. The molecule has 0 aliphatic rings.